The van der Waals surface area contributed by atoms with Crippen molar-refractivity contribution in [2.75, 3.05) is 6.61 Å². The van der Waals surface area contributed by atoms with Gasteiger partial charge in [0.25, 0.3) is 0 Å². The van der Waals surface area contributed by atoms with Gasteiger partial charge in [-0.3, -0.25) is 0 Å². The molecule has 0 amide bonds. The largest absolute Gasteiger partial charge is 0.353 e. The topological polar surface area (TPSA) is 18.5 Å². The van der Waals surface area contributed by atoms with E-state index in [1.165, 1.54) is 5.56 Å². The summed E-state index contributed by atoms with van der Waals surface area (Å²) in [6, 6.07) is 10.3. The lowest BCUT2D eigenvalue weighted by atomic mass is 10.0. The van der Waals surface area contributed by atoms with Gasteiger partial charge < -0.3 is 9.47 Å². The van der Waals surface area contributed by atoms with Crippen LogP contribution in [0.2, 0.25) is 0 Å². The Balaban J connectivity index is 1.87. The van der Waals surface area contributed by atoms with E-state index in [1.807, 2.05) is 25.1 Å². The quantitative estimate of drug-likeness (QED) is 0.708. The highest BCUT2D eigenvalue weighted by Crippen LogP contribution is 2.34. The Morgan fingerprint density at radius 3 is 2.69 bits per heavy atom. The van der Waals surface area contributed by atoms with Crippen LogP contribution in [-0.4, -0.2) is 12.9 Å². The number of ether oxygens (including phenoxy) is 2. The van der Waals surface area contributed by atoms with E-state index in [0.717, 1.165) is 13.0 Å². The van der Waals surface area contributed by atoms with Crippen LogP contribution in [0.15, 0.2) is 30.3 Å². The van der Waals surface area contributed by atoms with Crippen LogP contribution >= 0.6 is 0 Å². The van der Waals surface area contributed by atoms with Crippen molar-refractivity contribution >= 4 is 0 Å². The average molecular weight is 178 g/mol. The Kier molecular flexibility index (Phi) is 2.62. The van der Waals surface area contributed by atoms with Gasteiger partial charge in [-0.2, -0.15) is 0 Å². The summed E-state index contributed by atoms with van der Waals surface area (Å²) in [6.45, 7) is 2.71. The van der Waals surface area contributed by atoms with Crippen molar-refractivity contribution < 1.29 is 9.47 Å². The smallest absolute Gasteiger partial charge is 0.161 e. The third-order valence-electron chi connectivity index (χ3n) is 2.25. The molecule has 0 aromatic heterocycles. The minimum absolute atomic E-state index is 0.0233. The molecule has 2 atom stereocenters. The van der Waals surface area contributed by atoms with Crippen LogP contribution in [0, 0.1) is 0 Å². The predicted octanol–water partition coefficient (Wildman–Crippen LogP) is 2.51. The Bertz CT molecular complexity index is 252. The molecular formula is C11H14O2. The van der Waals surface area contributed by atoms with Gasteiger partial charge in [0.1, 0.15) is 0 Å². The summed E-state index contributed by atoms with van der Waals surface area (Å²) in [4.78, 5) is 0. The lowest BCUT2D eigenvalue weighted by molar-refractivity contribution is -0.258. The number of rotatable bonds is 3. The standard InChI is InChI=1S/C11H14O2/c1-2-12-11-8-10(13-11)9-6-4-3-5-7-9/h3-7,10-11H,2,8H2,1H3. The molecule has 0 spiro atoms. The number of benzene rings is 1. The first-order valence-corrected chi connectivity index (χ1v) is 4.72. The lowest BCUT2D eigenvalue weighted by Gasteiger charge is -2.35. The fourth-order valence-corrected chi connectivity index (χ4v) is 1.52. The Labute approximate surface area is 78.5 Å². The normalized spacial score (nSPS) is 26.8. The van der Waals surface area contributed by atoms with E-state index in [4.69, 9.17) is 9.47 Å². The molecule has 1 aliphatic heterocycles. The maximum atomic E-state index is 5.54. The van der Waals surface area contributed by atoms with E-state index in [1.54, 1.807) is 0 Å². The maximum Gasteiger partial charge on any atom is 0.161 e. The van der Waals surface area contributed by atoms with E-state index in [9.17, 15) is 0 Å². The van der Waals surface area contributed by atoms with Crippen molar-refractivity contribution in [1.82, 2.24) is 0 Å². The molecule has 2 nitrogen and oxygen atoms in total. The summed E-state index contributed by atoms with van der Waals surface area (Å²) in [5.41, 5.74) is 1.25. The van der Waals surface area contributed by atoms with Crippen molar-refractivity contribution in [3.8, 4) is 0 Å². The van der Waals surface area contributed by atoms with E-state index in [-0.39, 0.29) is 12.4 Å². The minimum atomic E-state index is 0.0233. The predicted molar refractivity (Wildman–Crippen MR) is 50.3 cm³/mol. The Hall–Kier alpha value is -0.860. The molecule has 2 unspecified atom stereocenters. The number of hydrogen-bond donors (Lipinski definition) is 0. The van der Waals surface area contributed by atoms with Crippen molar-refractivity contribution in [3.05, 3.63) is 35.9 Å². The van der Waals surface area contributed by atoms with Crippen LogP contribution in [0.5, 0.6) is 0 Å². The van der Waals surface area contributed by atoms with Crippen molar-refractivity contribution in [2.45, 2.75) is 25.7 Å². The molecule has 1 aromatic rings. The van der Waals surface area contributed by atoms with Crippen LogP contribution in [0.3, 0.4) is 0 Å². The third-order valence-corrected chi connectivity index (χ3v) is 2.25. The molecule has 2 rings (SSSR count). The van der Waals surface area contributed by atoms with Gasteiger partial charge in [-0.05, 0) is 12.5 Å². The van der Waals surface area contributed by atoms with Crippen molar-refractivity contribution in [3.63, 3.8) is 0 Å². The molecule has 1 aromatic carbocycles. The van der Waals surface area contributed by atoms with Crippen molar-refractivity contribution in [2.24, 2.45) is 0 Å². The van der Waals surface area contributed by atoms with E-state index in [0.29, 0.717) is 0 Å². The van der Waals surface area contributed by atoms with Crippen LogP contribution in [0.25, 0.3) is 0 Å². The Morgan fingerprint density at radius 1 is 1.38 bits per heavy atom. The molecule has 0 bridgehead atoms. The molecule has 0 aliphatic carbocycles. The molecule has 1 fully saturated rings. The zero-order chi connectivity index (χ0) is 9.10. The third kappa shape index (κ3) is 1.90. The first kappa shape index (κ1) is 8.73. The van der Waals surface area contributed by atoms with Crippen LogP contribution < -0.4 is 0 Å². The van der Waals surface area contributed by atoms with E-state index < -0.39 is 0 Å². The first-order valence-electron chi connectivity index (χ1n) is 4.72. The van der Waals surface area contributed by atoms with Crippen LogP contribution in [-0.2, 0) is 9.47 Å². The summed E-state index contributed by atoms with van der Waals surface area (Å²) in [7, 11) is 0. The SMILES string of the molecule is CCOC1CC(c2ccccc2)O1. The Morgan fingerprint density at radius 2 is 2.08 bits per heavy atom. The summed E-state index contributed by atoms with van der Waals surface area (Å²) < 4.78 is 10.9. The highest BCUT2D eigenvalue weighted by molar-refractivity contribution is 5.18. The average Bonchev–Trinajstić information content (AvgIpc) is 2.12. The van der Waals surface area contributed by atoms with Crippen LogP contribution in [0.1, 0.15) is 25.0 Å². The van der Waals surface area contributed by atoms with Gasteiger partial charge in [-0.25, -0.2) is 0 Å². The molecule has 70 valence electrons. The maximum absolute atomic E-state index is 5.54. The second-order valence-corrected chi connectivity index (χ2v) is 3.16. The highest BCUT2D eigenvalue weighted by atomic mass is 16.7. The van der Waals surface area contributed by atoms with Gasteiger partial charge in [0, 0.05) is 13.0 Å². The van der Waals surface area contributed by atoms with Gasteiger partial charge in [0.2, 0.25) is 0 Å². The second-order valence-electron chi connectivity index (χ2n) is 3.16. The summed E-state index contributed by atoms with van der Waals surface area (Å²) in [5, 5.41) is 0. The molecule has 0 N–H and O–H groups in total. The minimum Gasteiger partial charge on any atom is -0.353 e. The van der Waals surface area contributed by atoms with Gasteiger partial charge in [0.15, 0.2) is 6.29 Å². The van der Waals surface area contributed by atoms with E-state index in [2.05, 4.69) is 12.1 Å². The zero-order valence-corrected chi connectivity index (χ0v) is 7.77. The first-order chi connectivity index (χ1) is 6.40. The van der Waals surface area contributed by atoms with Gasteiger partial charge in [-0.1, -0.05) is 30.3 Å². The molecule has 1 aliphatic rings. The summed E-state index contributed by atoms with van der Waals surface area (Å²) in [6.07, 6.45) is 1.26. The zero-order valence-electron chi connectivity index (χ0n) is 7.77. The lowest BCUT2D eigenvalue weighted by Crippen LogP contribution is -2.33. The molecule has 13 heavy (non-hydrogen) atoms. The van der Waals surface area contributed by atoms with Gasteiger partial charge in [-0.15, -0.1) is 0 Å². The van der Waals surface area contributed by atoms with Crippen molar-refractivity contribution in [1.29, 1.82) is 0 Å². The fourth-order valence-electron chi connectivity index (χ4n) is 1.52. The molecule has 1 heterocycles. The fraction of sp³-hybridized carbons (Fsp3) is 0.455. The summed E-state index contributed by atoms with van der Waals surface area (Å²) >= 11 is 0. The number of hydrogen-bond acceptors (Lipinski definition) is 2. The van der Waals surface area contributed by atoms with Gasteiger partial charge >= 0.3 is 0 Å². The molecule has 0 saturated carbocycles. The summed E-state index contributed by atoms with van der Waals surface area (Å²) in [5.74, 6) is 0. The monoisotopic (exact) mass is 178 g/mol. The molecule has 2 heteroatoms. The second kappa shape index (κ2) is 3.90. The van der Waals surface area contributed by atoms with Crippen LogP contribution in [0.4, 0.5) is 0 Å². The molecular weight excluding hydrogens is 164 g/mol. The highest BCUT2D eigenvalue weighted by Gasteiger charge is 2.31. The molecule has 1 saturated heterocycles. The molecule has 0 radical (unpaired) electrons. The van der Waals surface area contributed by atoms with Gasteiger partial charge in [0.05, 0.1) is 6.10 Å². The van der Waals surface area contributed by atoms with E-state index >= 15 is 0 Å².